The molecule has 18 heavy (non-hydrogen) atoms. The molecular formula is C14H18Cl2N2. The Labute approximate surface area is 118 Å². The summed E-state index contributed by atoms with van der Waals surface area (Å²) in [5.74, 6) is 0.823. The van der Waals surface area contributed by atoms with Crippen molar-refractivity contribution in [2.45, 2.75) is 38.1 Å². The van der Waals surface area contributed by atoms with Gasteiger partial charge < -0.3 is 10.6 Å². The third kappa shape index (κ3) is 2.06. The lowest BCUT2D eigenvalue weighted by molar-refractivity contribution is 0.342. The summed E-state index contributed by atoms with van der Waals surface area (Å²) in [5, 5.41) is 1.37. The van der Waals surface area contributed by atoms with Crippen LogP contribution in [0.1, 0.15) is 32.1 Å². The normalized spacial score (nSPS) is 27.3. The molecule has 0 aromatic heterocycles. The van der Waals surface area contributed by atoms with Gasteiger partial charge in [-0.25, -0.2) is 0 Å². The number of nitrogen functional groups attached to an aromatic ring is 1. The van der Waals surface area contributed by atoms with Gasteiger partial charge in [-0.15, -0.1) is 0 Å². The number of fused-ring (bicyclic) bond motifs is 1. The second kappa shape index (κ2) is 4.82. The van der Waals surface area contributed by atoms with Gasteiger partial charge in [0.15, 0.2) is 0 Å². The van der Waals surface area contributed by atoms with Crippen LogP contribution in [0.2, 0.25) is 10.0 Å². The van der Waals surface area contributed by atoms with Crippen molar-refractivity contribution in [3.63, 3.8) is 0 Å². The number of anilines is 2. The molecule has 2 nitrogen and oxygen atoms in total. The van der Waals surface area contributed by atoms with Gasteiger partial charge in [-0.05, 0) is 37.3 Å². The Bertz CT molecular complexity index is 438. The zero-order valence-electron chi connectivity index (χ0n) is 10.3. The standard InChI is InChI=1S/C14H18Cl2N2/c15-11-7-10(17)8-12(16)14(11)18-6-5-9-3-1-2-4-13(9)18/h7-9,13H,1-6,17H2. The Morgan fingerprint density at radius 3 is 2.44 bits per heavy atom. The maximum atomic E-state index is 6.34. The van der Waals surface area contributed by atoms with Crippen molar-refractivity contribution < 1.29 is 0 Å². The van der Waals surface area contributed by atoms with E-state index in [4.69, 9.17) is 28.9 Å². The maximum Gasteiger partial charge on any atom is 0.0749 e. The van der Waals surface area contributed by atoms with Crippen LogP contribution in [0.25, 0.3) is 0 Å². The molecule has 4 heteroatoms. The minimum Gasteiger partial charge on any atom is -0.399 e. The average molecular weight is 285 g/mol. The van der Waals surface area contributed by atoms with Crippen LogP contribution in [0.3, 0.4) is 0 Å². The number of hydrogen-bond acceptors (Lipinski definition) is 2. The fraction of sp³-hybridized carbons (Fsp3) is 0.571. The predicted molar refractivity (Wildman–Crippen MR) is 78.6 cm³/mol. The highest BCUT2D eigenvalue weighted by molar-refractivity contribution is 6.39. The number of nitrogens with two attached hydrogens (primary N) is 1. The summed E-state index contributed by atoms with van der Waals surface area (Å²) in [6.07, 6.45) is 6.58. The molecular weight excluding hydrogens is 267 g/mol. The molecule has 0 bridgehead atoms. The first kappa shape index (κ1) is 12.4. The van der Waals surface area contributed by atoms with Crippen LogP contribution < -0.4 is 10.6 Å². The molecule has 2 atom stereocenters. The monoisotopic (exact) mass is 284 g/mol. The topological polar surface area (TPSA) is 29.3 Å². The molecule has 2 aliphatic rings. The third-order valence-electron chi connectivity index (χ3n) is 4.34. The van der Waals surface area contributed by atoms with Crippen molar-refractivity contribution in [2.75, 3.05) is 17.2 Å². The van der Waals surface area contributed by atoms with Crippen LogP contribution in [-0.2, 0) is 0 Å². The lowest BCUT2D eigenvalue weighted by Crippen LogP contribution is -2.35. The first-order chi connectivity index (χ1) is 8.66. The molecule has 1 heterocycles. The summed E-state index contributed by atoms with van der Waals surface area (Å²) >= 11 is 12.7. The van der Waals surface area contributed by atoms with E-state index in [-0.39, 0.29) is 0 Å². The first-order valence-corrected chi connectivity index (χ1v) is 7.43. The summed E-state index contributed by atoms with van der Waals surface area (Å²) in [5.41, 5.74) is 7.39. The smallest absolute Gasteiger partial charge is 0.0749 e. The summed E-state index contributed by atoms with van der Waals surface area (Å²) < 4.78 is 0. The number of hydrogen-bond donors (Lipinski definition) is 1. The molecule has 2 unspecified atom stereocenters. The summed E-state index contributed by atoms with van der Waals surface area (Å²) in [6, 6.07) is 4.23. The number of nitrogens with zero attached hydrogens (tertiary/aromatic N) is 1. The van der Waals surface area contributed by atoms with Crippen LogP contribution in [0, 0.1) is 5.92 Å². The van der Waals surface area contributed by atoms with Crippen LogP contribution in [-0.4, -0.2) is 12.6 Å². The molecule has 2 fully saturated rings. The molecule has 3 rings (SSSR count). The first-order valence-electron chi connectivity index (χ1n) is 6.68. The fourth-order valence-electron chi connectivity index (χ4n) is 3.54. The minimum absolute atomic E-state index is 0.623. The molecule has 1 saturated heterocycles. The number of benzene rings is 1. The molecule has 1 aliphatic heterocycles. The Morgan fingerprint density at radius 1 is 1.06 bits per heavy atom. The van der Waals surface area contributed by atoms with Gasteiger partial charge >= 0.3 is 0 Å². The molecule has 0 amide bonds. The van der Waals surface area contributed by atoms with Crippen molar-refractivity contribution in [3.05, 3.63) is 22.2 Å². The molecule has 2 N–H and O–H groups in total. The Morgan fingerprint density at radius 2 is 1.72 bits per heavy atom. The maximum absolute atomic E-state index is 6.34. The van der Waals surface area contributed by atoms with Gasteiger partial charge in [0.25, 0.3) is 0 Å². The molecule has 0 spiro atoms. The van der Waals surface area contributed by atoms with Crippen molar-refractivity contribution in [2.24, 2.45) is 5.92 Å². The van der Waals surface area contributed by atoms with Crippen LogP contribution in [0.4, 0.5) is 11.4 Å². The second-order valence-corrected chi connectivity index (χ2v) is 6.24. The van der Waals surface area contributed by atoms with E-state index in [1.165, 1.54) is 32.1 Å². The van der Waals surface area contributed by atoms with Crippen molar-refractivity contribution in [1.29, 1.82) is 0 Å². The minimum atomic E-state index is 0.623. The molecule has 98 valence electrons. The van der Waals surface area contributed by atoms with Crippen molar-refractivity contribution >= 4 is 34.6 Å². The Balaban J connectivity index is 1.95. The van der Waals surface area contributed by atoms with Gasteiger partial charge in [0, 0.05) is 18.3 Å². The zero-order chi connectivity index (χ0) is 12.7. The van der Waals surface area contributed by atoms with E-state index >= 15 is 0 Å². The summed E-state index contributed by atoms with van der Waals surface area (Å²) in [4.78, 5) is 2.41. The molecule has 0 radical (unpaired) electrons. The summed E-state index contributed by atoms with van der Waals surface area (Å²) in [6.45, 7) is 1.07. The highest BCUT2D eigenvalue weighted by atomic mass is 35.5. The highest BCUT2D eigenvalue weighted by Crippen LogP contribution is 2.44. The van der Waals surface area contributed by atoms with Gasteiger partial charge in [0.1, 0.15) is 0 Å². The number of halogens is 2. The van der Waals surface area contributed by atoms with E-state index in [1.54, 1.807) is 12.1 Å². The van der Waals surface area contributed by atoms with Gasteiger partial charge in [0.05, 0.1) is 15.7 Å². The average Bonchev–Trinajstić information content (AvgIpc) is 2.72. The quantitative estimate of drug-likeness (QED) is 0.777. The van der Waals surface area contributed by atoms with E-state index in [9.17, 15) is 0 Å². The fourth-order valence-corrected chi connectivity index (χ4v) is 4.26. The Kier molecular flexibility index (Phi) is 3.33. The van der Waals surface area contributed by atoms with E-state index in [0.717, 1.165) is 18.2 Å². The molecule has 1 aromatic carbocycles. The van der Waals surface area contributed by atoms with Gasteiger partial charge in [-0.2, -0.15) is 0 Å². The zero-order valence-corrected chi connectivity index (χ0v) is 11.8. The SMILES string of the molecule is Nc1cc(Cl)c(N2CCC3CCCCC32)c(Cl)c1. The van der Waals surface area contributed by atoms with Gasteiger partial charge in [-0.1, -0.05) is 36.0 Å². The summed E-state index contributed by atoms with van der Waals surface area (Å²) in [7, 11) is 0. The lowest BCUT2D eigenvalue weighted by atomic mass is 9.85. The van der Waals surface area contributed by atoms with E-state index in [0.29, 0.717) is 21.8 Å². The van der Waals surface area contributed by atoms with E-state index < -0.39 is 0 Å². The second-order valence-electron chi connectivity index (χ2n) is 5.43. The molecule has 1 aromatic rings. The highest BCUT2D eigenvalue weighted by Gasteiger charge is 2.37. The van der Waals surface area contributed by atoms with Crippen molar-refractivity contribution in [3.8, 4) is 0 Å². The van der Waals surface area contributed by atoms with Gasteiger partial charge in [0.2, 0.25) is 0 Å². The van der Waals surface area contributed by atoms with E-state index in [2.05, 4.69) is 4.90 Å². The Hall–Kier alpha value is -0.600. The molecule has 1 aliphatic carbocycles. The van der Waals surface area contributed by atoms with Crippen LogP contribution >= 0.6 is 23.2 Å². The van der Waals surface area contributed by atoms with Crippen LogP contribution in [0.5, 0.6) is 0 Å². The van der Waals surface area contributed by atoms with Crippen molar-refractivity contribution in [1.82, 2.24) is 0 Å². The third-order valence-corrected chi connectivity index (χ3v) is 4.91. The van der Waals surface area contributed by atoms with Crippen LogP contribution in [0.15, 0.2) is 12.1 Å². The lowest BCUT2D eigenvalue weighted by Gasteiger charge is -2.34. The molecule has 1 saturated carbocycles. The largest absolute Gasteiger partial charge is 0.399 e. The van der Waals surface area contributed by atoms with Gasteiger partial charge in [-0.3, -0.25) is 0 Å². The predicted octanol–water partition coefficient (Wildman–Crippen LogP) is 4.34. The number of rotatable bonds is 1. The van der Waals surface area contributed by atoms with E-state index in [1.807, 2.05) is 0 Å².